The van der Waals surface area contributed by atoms with E-state index >= 15 is 0 Å². The Morgan fingerprint density at radius 3 is 2.77 bits per heavy atom. The number of carbonyl (C=O) groups is 2. The Bertz CT molecular complexity index is 926. The molecule has 160 valence electrons. The van der Waals surface area contributed by atoms with E-state index < -0.39 is 0 Å². The lowest BCUT2D eigenvalue weighted by molar-refractivity contribution is -0.137. The molecular weight excluding hydrogens is 380 g/mol. The molecule has 0 bridgehead atoms. The van der Waals surface area contributed by atoms with E-state index in [0.717, 1.165) is 42.7 Å². The van der Waals surface area contributed by atoms with Gasteiger partial charge in [0.1, 0.15) is 6.10 Å². The molecule has 0 radical (unpaired) electrons. The Hall–Kier alpha value is -2.51. The summed E-state index contributed by atoms with van der Waals surface area (Å²) < 4.78 is 6.00. The Morgan fingerprint density at radius 2 is 2.03 bits per heavy atom. The number of pyridine rings is 1. The van der Waals surface area contributed by atoms with Crippen molar-refractivity contribution in [3.05, 3.63) is 41.6 Å². The van der Waals surface area contributed by atoms with Crippen molar-refractivity contribution in [2.24, 2.45) is 5.92 Å². The number of para-hydroxylation sites is 1. The average Bonchev–Trinajstić information content (AvgIpc) is 2.70. The molecule has 0 aliphatic carbocycles. The number of morpholine rings is 1. The highest BCUT2D eigenvalue weighted by Gasteiger charge is 2.28. The Kier molecular flexibility index (Phi) is 6.29. The van der Waals surface area contributed by atoms with E-state index in [2.05, 4.69) is 24.1 Å². The number of nitrogens with one attached hydrogen (secondary N) is 1. The van der Waals surface area contributed by atoms with Gasteiger partial charge in [0.25, 0.3) is 5.91 Å². The first-order valence-corrected chi connectivity index (χ1v) is 10.8. The van der Waals surface area contributed by atoms with Crippen molar-refractivity contribution < 1.29 is 14.3 Å². The second kappa shape index (κ2) is 9.10. The zero-order valence-electron chi connectivity index (χ0n) is 17.8. The van der Waals surface area contributed by atoms with Crippen molar-refractivity contribution in [1.29, 1.82) is 0 Å². The zero-order valence-corrected chi connectivity index (χ0v) is 17.8. The number of nitrogens with zero attached hydrogens (tertiary/aromatic N) is 3. The highest BCUT2D eigenvalue weighted by Crippen LogP contribution is 2.26. The third kappa shape index (κ3) is 4.63. The first-order chi connectivity index (χ1) is 14.5. The molecule has 2 aromatic rings. The predicted molar refractivity (Wildman–Crippen MR) is 115 cm³/mol. The Morgan fingerprint density at radius 1 is 1.23 bits per heavy atom. The van der Waals surface area contributed by atoms with Crippen LogP contribution in [0.4, 0.5) is 0 Å². The molecule has 1 aromatic heterocycles. The number of fused-ring (bicyclic) bond motifs is 1. The number of amides is 2. The molecule has 0 spiro atoms. The molecule has 2 saturated heterocycles. The number of ether oxygens (including phenoxy) is 1. The van der Waals surface area contributed by atoms with Crippen LogP contribution in [0.25, 0.3) is 10.9 Å². The van der Waals surface area contributed by atoms with E-state index in [1.54, 1.807) is 0 Å². The summed E-state index contributed by atoms with van der Waals surface area (Å²) >= 11 is 0. The maximum Gasteiger partial charge on any atom is 0.252 e. The predicted octanol–water partition coefficient (Wildman–Crippen LogP) is 2.23. The highest BCUT2D eigenvalue weighted by molar-refractivity contribution is 6.06. The van der Waals surface area contributed by atoms with Gasteiger partial charge in [-0.05, 0) is 24.5 Å². The molecule has 7 nitrogen and oxygen atoms in total. The normalized spacial score (nSPS) is 19.7. The van der Waals surface area contributed by atoms with Gasteiger partial charge in [-0.2, -0.15) is 0 Å². The van der Waals surface area contributed by atoms with Gasteiger partial charge in [-0.15, -0.1) is 0 Å². The number of benzene rings is 1. The maximum atomic E-state index is 12.9. The van der Waals surface area contributed by atoms with Crippen molar-refractivity contribution in [3.63, 3.8) is 0 Å². The first-order valence-electron chi connectivity index (χ1n) is 10.8. The minimum atomic E-state index is -0.260. The van der Waals surface area contributed by atoms with Crippen molar-refractivity contribution in [3.8, 4) is 0 Å². The summed E-state index contributed by atoms with van der Waals surface area (Å²) in [5.41, 5.74) is 2.14. The number of rotatable bonds is 6. The van der Waals surface area contributed by atoms with E-state index in [1.165, 1.54) is 0 Å². The second-order valence-electron chi connectivity index (χ2n) is 8.54. The van der Waals surface area contributed by atoms with Gasteiger partial charge in [0, 0.05) is 38.1 Å². The van der Waals surface area contributed by atoms with Gasteiger partial charge in [0.15, 0.2) is 0 Å². The van der Waals surface area contributed by atoms with Gasteiger partial charge in [0.05, 0.1) is 29.9 Å². The molecule has 2 fully saturated rings. The van der Waals surface area contributed by atoms with E-state index in [9.17, 15) is 9.59 Å². The molecule has 2 amide bonds. The summed E-state index contributed by atoms with van der Waals surface area (Å²) in [7, 11) is 0. The monoisotopic (exact) mass is 410 g/mol. The van der Waals surface area contributed by atoms with Gasteiger partial charge >= 0.3 is 0 Å². The lowest BCUT2D eigenvalue weighted by atomic mass is 10.0. The molecule has 2 aliphatic rings. The highest BCUT2D eigenvalue weighted by atomic mass is 16.5. The van der Waals surface area contributed by atoms with E-state index in [-0.39, 0.29) is 17.9 Å². The van der Waals surface area contributed by atoms with Gasteiger partial charge in [-0.1, -0.05) is 32.0 Å². The number of hydrogen-bond donors (Lipinski definition) is 1. The van der Waals surface area contributed by atoms with Crippen LogP contribution in [0.2, 0.25) is 0 Å². The van der Waals surface area contributed by atoms with Crippen LogP contribution in [0.15, 0.2) is 30.3 Å². The average molecular weight is 411 g/mol. The van der Waals surface area contributed by atoms with Crippen LogP contribution < -0.4 is 5.32 Å². The van der Waals surface area contributed by atoms with Crippen LogP contribution in [0.3, 0.4) is 0 Å². The molecule has 1 aromatic carbocycles. The fourth-order valence-corrected chi connectivity index (χ4v) is 3.82. The summed E-state index contributed by atoms with van der Waals surface area (Å²) in [4.78, 5) is 34.1. The lowest BCUT2D eigenvalue weighted by Gasteiger charge is -2.36. The van der Waals surface area contributed by atoms with Crippen LogP contribution in [-0.4, -0.2) is 72.5 Å². The molecule has 4 rings (SSSR count). The smallest absolute Gasteiger partial charge is 0.252 e. The summed E-state index contributed by atoms with van der Waals surface area (Å²) in [6.07, 6.45) is 0.837. The van der Waals surface area contributed by atoms with Crippen LogP contribution in [0, 0.1) is 5.92 Å². The van der Waals surface area contributed by atoms with Gasteiger partial charge in [0.2, 0.25) is 5.91 Å². The summed E-state index contributed by atoms with van der Waals surface area (Å²) in [6.45, 7) is 8.78. The molecule has 0 saturated carbocycles. The topological polar surface area (TPSA) is 74.8 Å². The first kappa shape index (κ1) is 20.8. The van der Waals surface area contributed by atoms with Crippen molar-refractivity contribution in [2.75, 3.05) is 45.9 Å². The largest absolute Gasteiger partial charge is 0.369 e. The number of hydrogen-bond acceptors (Lipinski definition) is 5. The minimum Gasteiger partial charge on any atom is -0.369 e. The molecular formula is C23H30N4O3. The van der Waals surface area contributed by atoms with Gasteiger partial charge in [-0.3, -0.25) is 14.5 Å². The number of carbonyl (C=O) groups excluding carboxylic acids is 2. The van der Waals surface area contributed by atoms with Crippen LogP contribution in [0.5, 0.6) is 0 Å². The second-order valence-corrected chi connectivity index (χ2v) is 8.54. The maximum absolute atomic E-state index is 12.9. The molecule has 1 N–H and O–H groups in total. The van der Waals surface area contributed by atoms with Gasteiger partial charge in [-0.25, -0.2) is 4.98 Å². The zero-order chi connectivity index (χ0) is 21.1. The Balaban J connectivity index is 1.55. The van der Waals surface area contributed by atoms with Crippen molar-refractivity contribution in [2.45, 2.75) is 26.4 Å². The molecule has 3 heterocycles. The quantitative estimate of drug-likeness (QED) is 0.791. The molecule has 1 atom stereocenters. The third-order valence-corrected chi connectivity index (χ3v) is 5.70. The summed E-state index contributed by atoms with van der Waals surface area (Å²) in [5.74, 6) is 0.465. The lowest BCUT2D eigenvalue weighted by Crippen LogP contribution is -2.49. The summed E-state index contributed by atoms with van der Waals surface area (Å²) in [5, 5.41) is 3.85. The Labute approximate surface area is 177 Å². The fourth-order valence-electron chi connectivity index (χ4n) is 3.82. The molecule has 2 aliphatic heterocycles. The molecule has 30 heavy (non-hydrogen) atoms. The van der Waals surface area contributed by atoms with E-state index in [0.29, 0.717) is 37.7 Å². The van der Waals surface area contributed by atoms with Crippen molar-refractivity contribution >= 4 is 22.7 Å². The fraction of sp³-hybridized carbons (Fsp3) is 0.522. The van der Waals surface area contributed by atoms with E-state index in [1.807, 2.05) is 35.2 Å². The number of likely N-dealkylation sites (tertiary alicyclic amines) is 1. The standard InChI is InChI=1S/C23H30N4O3/c1-16(2)13-24-23(29)18-12-20(25-19-7-4-3-6-17(18)19)21-14-26(10-11-30-21)15-22(28)27-8-5-9-27/h3-4,6-7,12,16,21H,5,8-11,13-15H2,1-2H3,(H,24,29)/t21-/m0/s1. The van der Waals surface area contributed by atoms with Crippen molar-refractivity contribution in [1.82, 2.24) is 20.1 Å². The molecule has 7 heteroatoms. The van der Waals surface area contributed by atoms with Crippen LogP contribution in [-0.2, 0) is 9.53 Å². The van der Waals surface area contributed by atoms with E-state index in [4.69, 9.17) is 9.72 Å². The summed E-state index contributed by atoms with van der Waals surface area (Å²) in [6, 6.07) is 9.55. The minimum absolute atomic E-state index is 0.0934. The van der Waals surface area contributed by atoms with Crippen LogP contribution >= 0.6 is 0 Å². The van der Waals surface area contributed by atoms with Gasteiger partial charge < -0.3 is 15.0 Å². The molecule has 0 unspecified atom stereocenters. The number of aromatic nitrogens is 1. The van der Waals surface area contributed by atoms with Crippen LogP contribution in [0.1, 0.15) is 42.4 Å². The SMILES string of the molecule is CC(C)CNC(=O)c1cc([C@@H]2CN(CC(=O)N3CCC3)CCO2)nc2ccccc12. The third-order valence-electron chi connectivity index (χ3n) is 5.70.